The summed E-state index contributed by atoms with van der Waals surface area (Å²) in [6, 6.07) is -2.33. The summed E-state index contributed by atoms with van der Waals surface area (Å²) in [5, 5.41) is 22.1. The lowest BCUT2D eigenvalue weighted by atomic mass is 10.1. The van der Waals surface area contributed by atoms with E-state index < -0.39 is 42.4 Å². The van der Waals surface area contributed by atoms with Crippen LogP contribution < -0.4 is 16.4 Å². The Morgan fingerprint density at radius 3 is 2.05 bits per heavy atom. The summed E-state index contributed by atoms with van der Waals surface area (Å²) in [6.45, 7) is 1.59. The predicted molar refractivity (Wildman–Crippen MR) is 145 cm³/mol. The van der Waals surface area contributed by atoms with Gasteiger partial charge in [-0.1, -0.05) is 69.4 Å². The average Bonchev–Trinajstić information content (AvgIpc) is 2.86. The molecular formula is C26H45N3O7S. The molecule has 2 unspecified atom stereocenters. The van der Waals surface area contributed by atoms with Gasteiger partial charge in [-0.25, -0.2) is 0 Å². The Bertz CT molecular complexity index is 731. The number of carboxylic acid groups (broad SMARTS) is 2. The van der Waals surface area contributed by atoms with E-state index in [0.717, 1.165) is 56.7 Å². The number of amides is 2. The number of nitrogens with one attached hydrogen (secondary N) is 2. The third-order valence-corrected chi connectivity index (χ3v) is 6.64. The van der Waals surface area contributed by atoms with E-state index in [-0.39, 0.29) is 23.7 Å². The average molecular weight is 544 g/mol. The first-order chi connectivity index (χ1) is 17.7. The minimum atomic E-state index is -1.24. The molecule has 0 aromatic heterocycles. The zero-order valence-corrected chi connectivity index (χ0v) is 22.9. The first-order valence-corrected chi connectivity index (χ1v) is 14.2. The van der Waals surface area contributed by atoms with Crippen LogP contribution in [0.4, 0.5) is 0 Å². The molecule has 0 radical (unpaired) electrons. The van der Waals surface area contributed by atoms with Gasteiger partial charge in [0.15, 0.2) is 5.12 Å². The SMILES string of the molecule is CCCCCC/C=C/CCCCCCCC(=O)SCC(NC(=O)CCC(N)C(=O)O)C(=O)NCC(=O)O. The van der Waals surface area contributed by atoms with Gasteiger partial charge in [0.1, 0.15) is 18.6 Å². The fourth-order valence-electron chi connectivity index (χ4n) is 3.38. The second kappa shape index (κ2) is 22.8. The molecule has 0 rings (SSSR count). The van der Waals surface area contributed by atoms with Crippen molar-refractivity contribution in [2.45, 2.75) is 109 Å². The van der Waals surface area contributed by atoms with Crippen LogP contribution in [-0.4, -0.2) is 63.5 Å². The highest BCUT2D eigenvalue weighted by atomic mass is 32.2. The van der Waals surface area contributed by atoms with Gasteiger partial charge in [-0.3, -0.25) is 24.0 Å². The summed E-state index contributed by atoms with van der Waals surface area (Å²) in [5.74, 6) is -3.87. The van der Waals surface area contributed by atoms with Crippen LogP contribution in [0.15, 0.2) is 12.2 Å². The molecule has 37 heavy (non-hydrogen) atoms. The second-order valence-electron chi connectivity index (χ2n) is 9.03. The third-order valence-electron chi connectivity index (χ3n) is 5.62. The largest absolute Gasteiger partial charge is 0.480 e. The van der Waals surface area contributed by atoms with Gasteiger partial charge < -0.3 is 26.6 Å². The number of carbonyl (C=O) groups is 5. The molecule has 2 amide bonds. The van der Waals surface area contributed by atoms with E-state index in [0.29, 0.717) is 6.42 Å². The van der Waals surface area contributed by atoms with Gasteiger partial charge in [0.2, 0.25) is 11.8 Å². The second-order valence-corrected chi connectivity index (χ2v) is 10.1. The van der Waals surface area contributed by atoms with Crippen LogP contribution in [0.2, 0.25) is 0 Å². The predicted octanol–water partition coefficient (Wildman–Crippen LogP) is 3.38. The van der Waals surface area contributed by atoms with Crippen molar-refractivity contribution in [3.63, 3.8) is 0 Å². The molecule has 0 fully saturated rings. The standard InChI is InChI=1S/C26H45N3O7S/c1-2-3-4-5-6-7-8-9-10-11-12-13-14-15-24(33)37-19-21(25(34)28-18-23(31)32)29-22(30)17-16-20(27)26(35)36/h7-8,20-21H,2-6,9-19,27H2,1H3,(H,28,34)(H,29,30)(H,31,32)(H,35,36)/b8-7+. The third kappa shape index (κ3) is 21.4. The number of hydrogen-bond acceptors (Lipinski definition) is 7. The lowest BCUT2D eigenvalue weighted by Crippen LogP contribution is -2.49. The van der Waals surface area contributed by atoms with Crippen molar-refractivity contribution in [1.29, 1.82) is 0 Å². The molecule has 0 aliphatic heterocycles. The summed E-state index contributed by atoms with van der Waals surface area (Å²) < 4.78 is 0. The summed E-state index contributed by atoms with van der Waals surface area (Å²) >= 11 is 0.913. The summed E-state index contributed by atoms with van der Waals surface area (Å²) in [4.78, 5) is 58.2. The molecule has 2 atom stereocenters. The van der Waals surface area contributed by atoms with Gasteiger partial charge in [0.05, 0.1) is 0 Å². The molecule has 11 heteroatoms. The number of hydrogen-bond donors (Lipinski definition) is 5. The molecule has 6 N–H and O–H groups in total. The minimum absolute atomic E-state index is 0.0498. The minimum Gasteiger partial charge on any atom is -0.480 e. The monoisotopic (exact) mass is 543 g/mol. The van der Waals surface area contributed by atoms with Gasteiger partial charge >= 0.3 is 11.9 Å². The van der Waals surface area contributed by atoms with Gasteiger partial charge in [-0.05, 0) is 38.5 Å². The molecule has 0 spiro atoms. The maximum atomic E-state index is 12.3. The molecule has 0 saturated heterocycles. The number of thioether (sulfide) groups is 1. The van der Waals surface area contributed by atoms with Crippen LogP contribution in [0, 0.1) is 0 Å². The van der Waals surface area contributed by atoms with Crippen molar-refractivity contribution >= 4 is 40.6 Å². The molecule has 0 heterocycles. The molecule has 0 aliphatic carbocycles. The van der Waals surface area contributed by atoms with E-state index in [1.807, 2.05) is 0 Å². The van der Waals surface area contributed by atoms with Crippen molar-refractivity contribution in [2.75, 3.05) is 12.3 Å². The quantitative estimate of drug-likeness (QED) is 0.0955. The number of allylic oxidation sites excluding steroid dienone is 2. The molecule has 10 nitrogen and oxygen atoms in total. The molecular weight excluding hydrogens is 498 g/mol. The fourth-order valence-corrected chi connectivity index (χ4v) is 4.26. The van der Waals surface area contributed by atoms with Crippen molar-refractivity contribution in [2.24, 2.45) is 5.73 Å². The number of nitrogens with two attached hydrogens (primary N) is 1. The Kier molecular flexibility index (Phi) is 21.3. The lowest BCUT2D eigenvalue weighted by molar-refractivity contribution is -0.139. The van der Waals surface area contributed by atoms with Crippen LogP contribution >= 0.6 is 11.8 Å². The molecule has 0 saturated carbocycles. The van der Waals surface area contributed by atoms with Crippen molar-refractivity contribution < 1.29 is 34.2 Å². The molecule has 0 aromatic carbocycles. The Morgan fingerprint density at radius 2 is 1.46 bits per heavy atom. The van der Waals surface area contributed by atoms with Crippen LogP contribution in [-0.2, 0) is 24.0 Å². The molecule has 0 aliphatic rings. The highest BCUT2D eigenvalue weighted by molar-refractivity contribution is 8.13. The van der Waals surface area contributed by atoms with Gasteiger partial charge in [0.25, 0.3) is 0 Å². The van der Waals surface area contributed by atoms with Crippen LogP contribution in [0.25, 0.3) is 0 Å². The number of carbonyl (C=O) groups excluding carboxylic acids is 3. The van der Waals surface area contributed by atoms with E-state index >= 15 is 0 Å². The first-order valence-electron chi connectivity index (χ1n) is 13.2. The smallest absolute Gasteiger partial charge is 0.322 e. The van der Waals surface area contributed by atoms with Crippen molar-refractivity contribution in [3.8, 4) is 0 Å². The highest BCUT2D eigenvalue weighted by Gasteiger charge is 2.23. The fraction of sp³-hybridized carbons (Fsp3) is 0.731. The highest BCUT2D eigenvalue weighted by Crippen LogP contribution is 2.14. The van der Waals surface area contributed by atoms with E-state index in [1.165, 1.54) is 25.7 Å². The van der Waals surface area contributed by atoms with Gasteiger partial charge in [-0.2, -0.15) is 0 Å². The van der Waals surface area contributed by atoms with E-state index in [4.69, 9.17) is 15.9 Å². The number of rotatable bonds is 23. The number of carboxylic acids is 2. The zero-order valence-electron chi connectivity index (χ0n) is 22.0. The van der Waals surface area contributed by atoms with Crippen molar-refractivity contribution in [3.05, 3.63) is 12.2 Å². The van der Waals surface area contributed by atoms with E-state index in [2.05, 4.69) is 29.7 Å². The Hall–Kier alpha value is -2.40. The summed E-state index contributed by atoms with van der Waals surface area (Å²) in [5.41, 5.74) is 5.38. The normalized spacial score (nSPS) is 12.7. The zero-order chi connectivity index (χ0) is 27.9. The van der Waals surface area contributed by atoms with Crippen LogP contribution in [0.5, 0.6) is 0 Å². The summed E-state index contributed by atoms with van der Waals surface area (Å²) in [7, 11) is 0. The topological polar surface area (TPSA) is 176 Å². The van der Waals surface area contributed by atoms with Gasteiger partial charge in [0, 0.05) is 18.6 Å². The number of unbranched alkanes of at least 4 members (excludes halogenated alkanes) is 9. The molecule has 0 bridgehead atoms. The van der Waals surface area contributed by atoms with E-state index in [9.17, 15) is 24.0 Å². The molecule has 212 valence electrons. The number of aliphatic carboxylic acids is 2. The van der Waals surface area contributed by atoms with Gasteiger partial charge in [-0.15, -0.1) is 0 Å². The van der Waals surface area contributed by atoms with Crippen molar-refractivity contribution in [1.82, 2.24) is 10.6 Å². The maximum Gasteiger partial charge on any atom is 0.322 e. The Balaban J connectivity index is 4.22. The first kappa shape index (κ1) is 34.6. The maximum absolute atomic E-state index is 12.3. The lowest BCUT2D eigenvalue weighted by Gasteiger charge is -2.18. The van der Waals surface area contributed by atoms with Crippen LogP contribution in [0.1, 0.15) is 96.8 Å². The Morgan fingerprint density at radius 1 is 0.865 bits per heavy atom. The summed E-state index contributed by atoms with van der Waals surface area (Å²) in [6.07, 6.45) is 16.9. The molecule has 0 aromatic rings. The Labute approximate surface area is 224 Å². The van der Waals surface area contributed by atoms with E-state index in [1.54, 1.807) is 0 Å². The van der Waals surface area contributed by atoms with Crippen LogP contribution in [0.3, 0.4) is 0 Å².